The molecule has 1 aromatic rings. The van der Waals surface area contributed by atoms with Crippen molar-refractivity contribution in [2.45, 2.75) is 39.2 Å². The molecule has 1 aromatic heterocycles. The van der Waals surface area contributed by atoms with Gasteiger partial charge in [-0.1, -0.05) is 39.0 Å². The molecule has 130 valence electrons. The molecule has 0 aromatic carbocycles. The molecule has 0 aliphatic carbocycles. The summed E-state index contributed by atoms with van der Waals surface area (Å²) in [6, 6.07) is 5.80. The average Bonchev–Trinajstić information content (AvgIpc) is 2.52. The van der Waals surface area contributed by atoms with Crippen LogP contribution in [0.1, 0.15) is 38.1 Å². The minimum atomic E-state index is -0.114. The molecule has 0 saturated heterocycles. The Balaban J connectivity index is 2.77. The van der Waals surface area contributed by atoms with Crippen molar-refractivity contribution < 1.29 is 0 Å². The summed E-state index contributed by atoms with van der Waals surface area (Å²) in [5.41, 5.74) is 9.13. The SMILES string of the molecule is C=C(N)CC(C#Cc1cccc(CC)n1)NC(=C)CN(C)CCC. The van der Waals surface area contributed by atoms with E-state index in [9.17, 15) is 0 Å². The molecule has 1 rings (SSSR count). The summed E-state index contributed by atoms with van der Waals surface area (Å²) in [7, 11) is 2.08. The number of aryl methyl sites for hydroxylation is 1. The number of nitrogens with zero attached hydrogens (tertiary/aromatic N) is 2. The lowest BCUT2D eigenvalue weighted by atomic mass is 10.1. The minimum absolute atomic E-state index is 0.114. The van der Waals surface area contributed by atoms with Crippen molar-refractivity contribution in [1.29, 1.82) is 0 Å². The highest BCUT2D eigenvalue weighted by Crippen LogP contribution is 2.03. The Morgan fingerprint density at radius 1 is 1.38 bits per heavy atom. The zero-order valence-corrected chi connectivity index (χ0v) is 15.2. The molecule has 1 unspecified atom stereocenters. The molecule has 4 nitrogen and oxygen atoms in total. The molecule has 24 heavy (non-hydrogen) atoms. The van der Waals surface area contributed by atoms with Gasteiger partial charge in [0.05, 0.1) is 6.04 Å². The number of likely N-dealkylation sites (N-methyl/N-ethyl adjacent to an activating group) is 1. The van der Waals surface area contributed by atoms with Gasteiger partial charge in [0.15, 0.2) is 0 Å². The predicted octanol–water partition coefficient (Wildman–Crippen LogP) is 2.67. The summed E-state index contributed by atoms with van der Waals surface area (Å²) in [5, 5.41) is 3.36. The van der Waals surface area contributed by atoms with Crippen LogP contribution in [0.3, 0.4) is 0 Å². The molecule has 0 fully saturated rings. The van der Waals surface area contributed by atoms with Gasteiger partial charge in [-0.15, -0.1) is 0 Å². The van der Waals surface area contributed by atoms with Crippen molar-refractivity contribution in [2.24, 2.45) is 5.73 Å². The molecule has 0 aliphatic rings. The van der Waals surface area contributed by atoms with Crippen molar-refractivity contribution in [3.8, 4) is 11.8 Å². The summed E-state index contributed by atoms with van der Waals surface area (Å²) in [6.45, 7) is 14.0. The number of nitrogens with two attached hydrogens (primary N) is 1. The van der Waals surface area contributed by atoms with Gasteiger partial charge in [0.1, 0.15) is 5.69 Å². The third-order valence-electron chi connectivity index (χ3n) is 3.45. The largest absolute Gasteiger partial charge is 0.402 e. The van der Waals surface area contributed by atoms with E-state index in [0.717, 1.165) is 43.0 Å². The second kappa shape index (κ2) is 10.5. The highest BCUT2D eigenvalue weighted by molar-refractivity contribution is 5.31. The Morgan fingerprint density at radius 3 is 2.75 bits per heavy atom. The van der Waals surface area contributed by atoms with E-state index in [0.29, 0.717) is 12.1 Å². The standard InChI is InChI=1S/C20H30N4/c1-6-13-24(5)15-17(4)22-20(14-16(3)21)12-11-19-10-8-9-18(7-2)23-19/h8-10,20,22H,3-4,6-7,13-15,21H2,1-2,5H3. The van der Waals surface area contributed by atoms with E-state index in [-0.39, 0.29) is 6.04 Å². The van der Waals surface area contributed by atoms with E-state index < -0.39 is 0 Å². The van der Waals surface area contributed by atoms with Crippen molar-refractivity contribution >= 4 is 0 Å². The van der Waals surface area contributed by atoms with Crippen LogP contribution in [0, 0.1) is 11.8 Å². The molecule has 0 bridgehead atoms. The lowest BCUT2D eigenvalue weighted by Gasteiger charge is -2.21. The molecule has 4 heteroatoms. The van der Waals surface area contributed by atoms with Crippen molar-refractivity contribution in [3.63, 3.8) is 0 Å². The average molecular weight is 326 g/mol. The van der Waals surface area contributed by atoms with Crippen molar-refractivity contribution in [3.05, 3.63) is 54.1 Å². The molecule has 3 N–H and O–H groups in total. The molecule has 0 amide bonds. The van der Waals surface area contributed by atoms with Crippen LogP contribution in [0.25, 0.3) is 0 Å². The fraction of sp³-hybridized carbons (Fsp3) is 0.450. The predicted molar refractivity (Wildman–Crippen MR) is 102 cm³/mol. The number of rotatable bonds is 9. The van der Waals surface area contributed by atoms with Gasteiger partial charge in [-0.05, 0) is 44.5 Å². The van der Waals surface area contributed by atoms with Gasteiger partial charge >= 0.3 is 0 Å². The lowest BCUT2D eigenvalue weighted by molar-refractivity contribution is 0.353. The van der Waals surface area contributed by atoms with Gasteiger partial charge in [0.2, 0.25) is 0 Å². The maximum atomic E-state index is 5.77. The van der Waals surface area contributed by atoms with Gasteiger partial charge in [-0.2, -0.15) is 0 Å². The summed E-state index contributed by atoms with van der Waals surface area (Å²) in [5.74, 6) is 6.34. The number of hydrogen-bond donors (Lipinski definition) is 2. The van der Waals surface area contributed by atoms with Crippen molar-refractivity contribution in [2.75, 3.05) is 20.1 Å². The lowest BCUT2D eigenvalue weighted by Crippen LogP contribution is -2.34. The number of pyridine rings is 1. The van der Waals surface area contributed by atoms with Crippen LogP contribution in [0.5, 0.6) is 0 Å². The second-order valence-corrected chi connectivity index (χ2v) is 6.04. The fourth-order valence-electron chi connectivity index (χ4n) is 2.39. The second-order valence-electron chi connectivity index (χ2n) is 6.04. The van der Waals surface area contributed by atoms with E-state index in [2.05, 4.69) is 61.1 Å². The topological polar surface area (TPSA) is 54.2 Å². The Morgan fingerprint density at radius 2 is 2.12 bits per heavy atom. The summed E-state index contributed by atoms with van der Waals surface area (Å²) >= 11 is 0. The van der Waals surface area contributed by atoms with E-state index in [1.165, 1.54) is 0 Å². The smallest absolute Gasteiger partial charge is 0.113 e. The Bertz CT molecular complexity index is 610. The Labute approximate surface area is 146 Å². The first-order chi connectivity index (χ1) is 11.4. The fourth-order valence-corrected chi connectivity index (χ4v) is 2.39. The van der Waals surface area contributed by atoms with Crippen LogP contribution in [0.2, 0.25) is 0 Å². The molecule has 1 atom stereocenters. The highest BCUT2D eigenvalue weighted by atomic mass is 15.1. The van der Waals surface area contributed by atoms with Gasteiger partial charge in [-0.3, -0.25) is 0 Å². The monoisotopic (exact) mass is 326 g/mol. The van der Waals surface area contributed by atoms with E-state index in [1.54, 1.807) is 0 Å². The molecule has 1 heterocycles. The van der Waals surface area contributed by atoms with Crippen LogP contribution in [-0.2, 0) is 6.42 Å². The zero-order valence-electron chi connectivity index (χ0n) is 15.2. The molecule has 0 radical (unpaired) electrons. The normalized spacial score (nSPS) is 11.5. The van der Waals surface area contributed by atoms with Crippen LogP contribution >= 0.6 is 0 Å². The molecular formula is C20H30N4. The van der Waals surface area contributed by atoms with Crippen LogP contribution in [-0.4, -0.2) is 36.1 Å². The first kappa shape index (κ1) is 19.8. The van der Waals surface area contributed by atoms with Crippen LogP contribution in [0.15, 0.2) is 42.8 Å². The van der Waals surface area contributed by atoms with E-state index >= 15 is 0 Å². The highest BCUT2D eigenvalue weighted by Gasteiger charge is 2.08. The number of aromatic nitrogens is 1. The van der Waals surface area contributed by atoms with E-state index in [1.807, 2.05) is 18.2 Å². The van der Waals surface area contributed by atoms with E-state index in [4.69, 9.17) is 5.73 Å². The first-order valence-electron chi connectivity index (χ1n) is 8.48. The van der Waals surface area contributed by atoms with Gasteiger partial charge in [-0.25, -0.2) is 4.98 Å². The molecule has 0 aliphatic heterocycles. The summed E-state index contributed by atoms with van der Waals surface area (Å²) in [4.78, 5) is 6.73. The molecule has 0 saturated carbocycles. The van der Waals surface area contributed by atoms with Gasteiger partial charge in [0, 0.05) is 30.1 Å². The quantitative estimate of drug-likeness (QED) is 0.685. The van der Waals surface area contributed by atoms with Crippen LogP contribution in [0.4, 0.5) is 0 Å². The maximum absolute atomic E-state index is 5.77. The van der Waals surface area contributed by atoms with Gasteiger partial charge in [0.25, 0.3) is 0 Å². The summed E-state index contributed by atoms with van der Waals surface area (Å²) in [6.07, 6.45) is 2.60. The van der Waals surface area contributed by atoms with Crippen LogP contribution < -0.4 is 11.1 Å². The molecular weight excluding hydrogens is 296 g/mol. The third kappa shape index (κ3) is 7.85. The maximum Gasteiger partial charge on any atom is 0.113 e. The van der Waals surface area contributed by atoms with Crippen molar-refractivity contribution in [1.82, 2.24) is 15.2 Å². The minimum Gasteiger partial charge on any atom is -0.402 e. The number of nitrogens with one attached hydrogen (secondary N) is 1. The first-order valence-corrected chi connectivity index (χ1v) is 8.48. The Kier molecular flexibility index (Phi) is 8.67. The summed E-state index contributed by atoms with van der Waals surface area (Å²) < 4.78 is 0. The third-order valence-corrected chi connectivity index (χ3v) is 3.45. The zero-order chi connectivity index (χ0) is 17.9. The molecule has 0 spiro atoms. The number of hydrogen-bond acceptors (Lipinski definition) is 4. The Hall–Kier alpha value is -2.25. The van der Waals surface area contributed by atoms with Gasteiger partial charge < -0.3 is 16.0 Å².